The summed E-state index contributed by atoms with van der Waals surface area (Å²) in [6, 6.07) is 8.60. The van der Waals surface area contributed by atoms with E-state index in [-0.39, 0.29) is 28.0 Å². The normalized spacial score (nSPS) is 11.5. The van der Waals surface area contributed by atoms with Crippen LogP contribution in [0.3, 0.4) is 0 Å². The lowest BCUT2D eigenvalue weighted by atomic mass is 10.2. The molecule has 2 aromatic carbocycles. The van der Waals surface area contributed by atoms with Crippen molar-refractivity contribution in [3.05, 3.63) is 84.1 Å². The van der Waals surface area contributed by atoms with Crippen LogP contribution in [0.2, 0.25) is 5.02 Å². The largest absolute Gasteiger partial charge is 0.497 e. The van der Waals surface area contributed by atoms with Crippen LogP contribution in [0.1, 0.15) is 5.56 Å². The number of fused-ring (bicyclic) bond motifs is 3. The molecule has 0 bridgehead atoms. The topological polar surface area (TPSA) is 74.2 Å². The van der Waals surface area contributed by atoms with E-state index in [4.69, 9.17) is 16.3 Å². The van der Waals surface area contributed by atoms with E-state index in [1.165, 1.54) is 37.4 Å². The van der Waals surface area contributed by atoms with Crippen molar-refractivity contribution in [3.8, 4) is 5.75 Å². The second-order valence-electron chi connectivity index (χ2n) is 5.66. The van der Waals surface area contributed by atoms with Gasteiger partial charge in [-0.3, -0.25) is 4.79 Å². The molecule has 0 atom stereocenters. The van der Waals surface area contributed by atoms with E-state index >= 15 is 0 Å². The lowest BCUT2D eigenvalue weighted by Gasteiger charge is -2.04. The molecule has 2 heterocycles. The third kappa shape index (κ3) is 2.15. The first-order valence-electron chi connectivity index (χ1n) is 7.55. The van der Waals surface area contributed by atoms with Gasteiger partial charge in [0.05, 0.1) is 24.6 Å². The minimum absolute atomic E-state index is 0.000596. The van der Waals surface area contributed by atoms with Crippen molar-refractivity contribution in [2.75, 3.05) is 7.11 Å². The number of ether oxygens (including phenoxy) is 1. The summed E-state index contributed by atoms with van der Waals surface area (Å²) in [4.78, 5) is 37.9. The fraction of sp³-hybridized carbons (Fsp3) is 0.118. The van der Waals surface area contributed by atoms with Crippen LogP contribution in [0, 0.1) is 5.82 Å². The Labute approximate surface area is 149 Å². The van der Waals surface area contributed by atoms with Gasteiger partial charge in [0.25, 0.3) is 5.56 Å². The molecule has 0 unspecified atom stereocenters. The SMILES string of the molecule is COc1ccc2c(c1)c(=O)n1c(=O)n(Cc3c(F)cccc3Cl)c(=O)n21. The number of hydrogen-bond acceptors (Lipinski definition) is 4. The van der Waals surface area contributed by atoms with E-state index in [0.29, 0.717) is 5.75 Å². The minimum atomic E-state index is -0.866. The van der Waals surface area contributed by atoms with Crippen LogP contribution in [0.25, 0.3) is 10.9 Å². The molecular formula is C17H11ClFN3O4. The van der Waals surface area contributed by atoms with Crippen molar-refractivity contribution in [1.29, 1.82) is 0 Å². The zero-order valence-corrected chi connectivity index (χ0v) is 14.2. The molecule has 4 rings (SSSR count). The molecule has 4 aromatic rings. The molecule has 9 heteroatoms. The molecule has 7 nitrogen and oxygen atoms in total. The molecule has 0 fully saturated rings. The van der Waals surface area contributed by atoms with Crippen molar-refractivity contribution < 1.29 is 9.13 Å². The summed E-state index contributed by atoms with van der Waals surface area (Å²) in [6.45, 7) is -0.380. The number of hydrogen-bond donors (Lipinski definition) is 0. The number of halogens is 2. The first-order valence-corrected chi connectivity index (χ1v) is 7.92. The van der Waals surface area contributed by atoms with Gasteiger partial charge in [0.15, 0.2) is 0 Å². The second kappa shape index (κ2) is 5.70. The highest BCUT2D eigenvalue weighted by molar-refractivity contribution is 6.31. The predicted molar refractivity (Wildman–Crippen MR) is 93.4 cm³/mol. The number of benzene rings is 2. The summed E-state index contributed by atoms with van der Waals surface area (Å²) in [5.41, 5.74) is -2.02. The van der Waals surface area contributed by atoms with Crippen LogP contribution < -0.4 is 21.7 Å². The fourth-order valence-corrected chi connectivity index (χ4v) is 3.18. The summed E-state index contributed by atoms with van der Waals surface area (Å²) in [6.07, 6.45) is 0. The van der Waals surface area contributed by atoms with Gasteiger partial charge < -0.3 is 4.74 Å². The van der Waals surface area contributed by atoms with Crippen LogP contribution in [0.15, 0.2) is 50.8 Å². The molecule has 0 saturated carbocycles. The van der Waals surface area contributed by atoms with Gasteiger partial charge in [0, 0.05) is 10.6 Å². The number of rotatable bonds is 3. The van der Waals surface area contributed by atoms with Crippen molar-refractivity contribution in [3.63, 3.8) is 0 Å². The quantitative estimate of drug-likeness (QED) is 0.542. The maximum atomic E-state index is 14.0. The Morgan fingerprint density at radius 3 is 2.50 bits per heavy atom. The van der Waals surface area contributed by atoms with Gasteiger partial charge in [0.1, 0.15) is 11.6 Å². The Morgan fingerprint density at radius 1 is 1.08 bits per heavy atom. The standard InChI is InChI=1S/C17H11ClFN3O4/c1-26-9-5-6-14-10(7-9)15(23)22-17(25)20(16(24)21(14)22)8-11-12(18)3-2-4-13(11)19/h2-7H,8H2,1H3. The van der Waals surface area contributed by atoms with Gasteiger partial charge in [-0.15, -0.1) is 0 Å². The molecule has 0 aliphatic heterocycles. The lowest BCUT2D eigenvalue weighted by Crippen LogP contribution is -2.31. The highest BCUT2D eigenvalue weighted by Gasteiger charge is 2.21. The Bertz CT molecular complexity index is 1320. The summed E-state index contributed by atoms with van der Waals surface area (Å²) in [5.74, 6) is -0.217. The van der Waals surface area contributed by atoms with E-state index in [1.54, 1.807) is 6.07 Å². The first kappa shape index (κ1) is 16.3. The van der Waals surface area contributed by atoms with E-state index in [1.807, 2.05) is 0 Å². The molecule has 0 amide bonds. The molecule has 0 saturated heterocycles. The molecule has 0 radical (unpaired) electrons. The molecule has 2 aromatic heterocycles. The van der Waals surface area contributed by atoms with Gasteiger partial charge in [-0.2, -0.15) is 9.03 Å². The Morgan fingerprint density at radius 2 is 1.81 bits per heavy atom. The van der Waals surface area contributed by atoms with Gasteiger partial charge >= 0.3 is 11.4 Å². The van der Waals surface area contributed by atoms with Crippen LogP contribution in [-0.4, -0.2) is 20.7 Å². The summed E-state index contributed by atoms with van der Waals surface area (Å²) < 4.78 is 21.5. The lowest BCUT2D eigenvalue weighted by molar-refractivity contribution is 0.415. The molecule has 0 N–H and O–H groups in total. The molecule has 26 heavy (non-hydrogen) atoms. The number of methoxy groups -OCH3 is 1. The van der Waals surface area contributed by atoms with E-state index in [9.17, 15) is 18.8 Å². The minimum Gasteiger partial charge on any atom is -0.497 e. The van der Waals surface area contributed by atoms with E-state index in [0.717, 1.165) is 13.6 Å². The molecule has 0 spiro atoms. The van der Waals surface area contributed by atoms with Crippen molar-refractivity contribution in [1.82, 2.24) is 13.6 Å². The van der Waals surface area contributed by atoms with Gasteiger partial charge in [-0.05, 0) is 30.3 Å². The summed E-state index contributed by atoms with van der Waals surface area (Å²) in [5, 5.41) is 0.263. The van der Waals surface area contributed by atoms with E-state index < -0.39 is 22.8 Å². The molecular weight excluding hydrogens is 365 g/mol. The smallest absolute Gasteiger partial charge is 0.355 e. The van der Waals surface area contributed by atoms with Crippen molar-refractivity contribution in [2.45, 2.75) is 6.54 Å². The van der Waals surface area contributed by atoms with Gasteiger partial charge in [0.2, 0.25) is 0 Å². The summed E-state index contributed by atoms with van der Waals surface area (Å²) in [7, 11) is 1.44. The van der Waals surface area contributed by atoms with E-state index in [2.05, 4.69) is 0 Å². The van der Waals surface area contributed by atoms with Crippen LogP contribution >= 0.6 is 11.6 Å². The zero-order valence-electron chi connectivity index (χ0n) is 13.4. The molecule has 132 valence electrons. The highest BCUT2D eigenvalue weighted by Crippen LogP contribution is 2.20. The molecule has 0 aliphatic carbocycles. The Balaban J connectivity index is 2.02. The monoisotopic (exact) mass is 375 g/mol. The third-order valence-corrected chi connectivity index (χ3v) is 4.61. The second-order valence-corrected chi connectivity index (χ2v) is 6.07. The Kier molecular flexibility index (Phi) is 3.58. The Hall–Kier alpha value is -3.13. The predicted octanol–water partition coefficient (Wildman–Crippen LogP) is 1.36. The van der Waals surface area contributed by atoms with Gasteiger partial charge in [-0.25, -0.2) is 18.5 Å². The van der Waals surface area contributed by atoms with Gasteiger partial charge in [-0.1, -0.05) is 17.7 Å². The zero-order chi connectivity index (χ0) is 18.6. The third-order valence-electron chi connectivity index (χ3n) is 4.26. The van der Waals surface area contributed by atoms with Crippen LogP contribution in [0.4, 0.5) is 4.39 Å². The van der Waals surface area contributed by atoms with Crippen molar-refractivity contribution >= 4 is 22.5 Å². The highest BCUT2D eigenvalue weighted by atomic mass is 35.5. The maximum absolute atomic E-state index is 14.0. The average molecular weight is 376 g/mol. The average Bonchev–Trinajstić information content (AvgIpc) is 3.05. The fourth-order valence-electron chi connectivity index (χ4n) is 2.96. The maximum Gasteiger partial charge on any atom is 0.355 e. The molecule has 0 aliphatic rings. The summed E-state index contributed by atoms with van der Waals surface area (Å²) >= 11 is 5.97. The van der Waals surface area contributed by atoms with Crippen molar-refractivity contribution in [2.24, 2.45) is 0 Å². The van der Waals surface area contributed by atoms with Crippen LogP contribution in [-0.2, 0) is 6.54 Å². The number of nitrogens with zero attached hydrogens (tertiary/aromatic N) is 3. The van der Waals surface area contributed by atoms with Crippen LogP contribution in [0.5, 0.6) is 5.75 Å². The number of aromatic nitrogens is 3. The first-order chi connectivity index (χ1) is 12.4.